The lowest BCUT2D eigenvalue weighted by atomic mass is 9.86. The molecule has 1 N–H and O–H groups in total. The van der Waals surface area contributed by atoms with Gasteiger partial charge < -0.3 is 5.11 Å². The highest BCUT2D eigenvalue weighted by Crippen LogP contribution is 2.54. The smallest absolute Gasteiger partial charge is 0.393 e. The molecule has 0 aliphatic heterocycles. The molecule has 0 aliphatic carbocycles. The molecule has 20 heavy (non-hydrogen) atoms. The van der Waals surface area contributed by atoms with Crippen molar-refractivity contribution < 1.29 is 57.8 Å². The lowest BCUT2D eigenvalue weighted by molar-refractivity contribution is -0.384. The first-order chi connectivity index (χ1) is 8.47. The number of rotatable bonds is 3. The Hall–Kier alpha value is -0.880. The molecule has 0 heterocycles. The Morgan fingerprint density at radius 1 is 0.650 bits per heavy atom. The standard InChI is InChI=1S/C7H4F12O/c8-2(3(9,1-20)5(11,12)13)4(10,6(14,15)16)7(17,18)19/h2,20H,1H2. The Morgan fingerprint density at radius 2 is 0.950 bits per heavy atom. The minimum absolute atomic E-state index is 3.17. The van der Waals surface area contributed by atoms with Gasteiger partial charge in [0.05, 0.1) is 6.61 Å². The van der Waals surface area contributed by atoms with Crippen LogP contribution in [0.3, 0.4) is 0 Å². The summed E-state index contributed by atoms with van der Waals surface area (Å²) in [6.45, 7) is -3.17. The number of halogens is 12. The Kier molecular flexibility index (Phi) is 4.63. The van der Waals surface area contributed by atoms with E-state index in [2.05, 4.69) is 0 Å². The van der Waals surface area contributed by atoms with Crippen molar-refractivity contribution in [2.24, 2.45) is 0 Å². The van der Waals surface area contributed by atoms with Crippen molar-refractivity contribution in [2.45, 2.75) is 36.0 Å². The first-order valence-corrected chi connectivity index (χ1v) is 4.29. The minimum Gasteiger partial charge on any atom is -0.393 e. The molecule has 0 aromatic rings. The van der Waals surface area contributed by atoms with Crippen molar-refractivity contribution in [1.82, 2.24) is 0 Å². The highest BCUT2D eigenvalue weighted by Gasteiger charge is 2.83. The molecular weight excluding hydrogens is 328 g/mol. The average Bonchev–Trinajstić information content (AvgIpc) is 2.20. The Balaban J connectivity index is 6.13. The fourth-order valence-corrected chi connectivity index (χ4v) is 1.08. The third kappa shape index (κ3) is 2.63. The van der Waals surface area contributed by atoms with Gasteiger partial charge in [0.15, 0.2) is 6.17 Å². The zero-order valence-corrected chi connectivity index (χ0v) is 8.77. The summed E-state index contributed by atoms with van der Waals surface area (Å²) in [6, 6.07) is 0. The van der Waals surface area contributed by atoms with Gasteiger partial charge in [-0.3, -0.25) is 0 Å². The van der Waals surface area contributed by atoms with Crippen LogP contribution < -0.4 is 0 Å². The summed E-state index contributed by atoms with van der Waals surface area (Å²) >= 11 is 0. The van der Waals surface area contributed by atoms with E-state index in [0.717, 1.165) is 0 Å². The quantitative estimate of drug-likeness (QED) is 0.786. The van der Waals surface area contributed by atoms with Crippen molar-refractivity contribution in [3.63, 3.8) is 0 Å². The highest BCUT2D eigenvalue weighted by molar-refractivity contribution is 5.11. The van der Waals surface area contributed by atoms with Crippen LogP contribution in [0.25, 0.3) is 0 Å². The zero-order valence-electron chi connectivity index (χ0n) is 8.77. The molecule has 122 valence electrons. The van der Waals surface area contributed by atoms with Gasteiger partial charge in [-0.25, -0.2) is 13.2 Å². The molecule has 0 bridgehead atoms. The van der Waals surface area contributed by atoms with Crippen LogP contribution in [0.15, 0.2) is 0 Å². The van der Waals surface area contributed by atoms with Gasteiger partial charge in [0, 0.05) is 0 Å². The SMILES string of the molecule is OCC(F)(C(F)C(F)(C(F)(F)F)C(F)(F)F)C(F)(F)F. The van der Waals surface area contributed by atoms with Gasteiger partial charge in [-0.1, -0.05) is 0 Å². The van der Waals surface area contributed by atoms with Crippen LogP contribution in [0, 0.1) is 0 Å². The molecule has 1 nitrogen and oxygen atoms in total. The molecule has 2 unspecified atom stereocenters. The zero-order chi connectivity index (χ0) is 16.8. The minimum atomic E-state index is -7.23. The maximum absolute atomic E-state index is 13.0. The summed E-state index contributed by atoms with van der Waals surface area (Å²) in [4.78, 5) is 0. The lowest BCUT2D eigenvalue weighted by Crippen LogP contribution is -2.69. The molecule has 0 aromatic carbocycles. The maximum atomic E-state index is 13.0. The van der Waals surface area contributed by atoms with E-state index in [1.807, 2.05) is 0 Å². The number of hydrogen-bond acceptors (Lipinski definition) is 1. The van der Waals surface area contributed by atoms with E-state index in [9.17, 15) is 52.7 Å². The number of alkyl halides is 12. The van der Waals surface area contributed by atoms with E-state index in [0.29, 0.717) is 0 Å². The first-order valence-electron chi connectivity index (χ1n) is 4.29. The monoisotopic (exact) mass is 332 g/mol. The van der Waals surface area contributed by atoms with Crippen LogP contribution in [0.2, 0.25) is 0 Å². The number of aliphatic hydroxyl groups is 1. The van der Waals surface area contributed by atoms with Crippen molar-refractivity contribution in [2.75, 3.05) is 6.61 Å². The maximum Gasteiger partial charge on any atom is 0.434 e. The predicted molar refractivity (Wildman–Crippen MR) is 37.8 cm³/mol. The Bertz CT molecular complexity index is 325. The second kappa shape index (κ2) is 4.84. The topological polar surface area (TPSA) is 20.2 Å². The van der Waals surface area contributed by atoms with Gasteiger partial charge in [-0.2, -0.15) is 39.5 Å². The first kappa shape index (κ1) is 19.1. The Morgan fingerprint density at radius 3 is 1.10 bits per heavy atom. The molecule has 0 aliphatic rings. The van der Waals surface area contributed by atoms with Crippen LogP contribution in [0.1, 0.15) is 0 Å². The molecule has 0 rings (SSSR count). The fourth-order valence-electron chi connectivity index (χ4n) is 1.08. The third-order valence-corrected chi connectivity index (χ3v) is 2.28. The molecular formula is C7H4F12O. The van der Waals surface area contributed by atoms with E-state index < -0.39 is 42.6 Å². The number of hydrogen-bond donors (Lipinski definition) is 1. The molecule has 13 heteroatoms. The van der Waals surface area contributed by atoms with Crippen LogP contribution >= 0.6 is 0 Å². The normalized spacial score (nSPS) is 19.6. The summed E-state index contributed by atoms with van der Waals surface area (Å²) in [5.74, 6) is 0. The summed E-state index contributed by atoms with van der Waals surface area (Å²) in [5.41, 5.74) is -13.2. The van der Waals surface area contributed by atoms with Crippen LogP contribution in [0.4, 0.5) is 52.7 Å². The largest absolute Gasteiger partial charge is 0.434 e. The van der Waals surface area contributed by atoms with E-state index in [-0.39, 0.29) is 0 Å². The summed E-state index contributed by atoms with van der Waals surface area (Å²) in [7, 11) is 0. The second-order valence-corrected chi connectivity index (χ2v) is 3.59. The molecule has 0 saturated carbocycles. The molecule has 0 saturated heterocycles. The van der Waals surface area contributed by atoms with E-state index in [1.54, 1.807) is 0 Å². The summed E-state index contributed by atoms with van der Waals surface area (Å²) < 4.78 is 147. The van der Waals surface area contributed by atoms with Crippen molar-refractivity contribution in [3.8, 4) is 0 Å². The van der Waals surface area contributed by atoms with Crippen molar-refractivity contribution >= 4 is 0 Å². The molecule has 0 aromatic heterocycles. The highest BCUT2D eigenvalue weighted by atomic mass is 19.4. The van der Waals surface area contributed by atoms with Gasteiger partial charge in [0.1, 0.15) is 0 Å². The van der Waals surface area contributed by atoms with Crippen molar-refractivity contribution in [3.05, 3.63) is 0 Å². The van der Waals surface area contributed by atoms with Gasteiger partial charge in [-0.05, 0) is 0 Å². The van der Waals surface area contributed by atoms with Gasteiger partial charge in [0.25, 0.3) is 5.67 Å². The molecule has 0 fully saturated rings. The van der Waals surface area contributed by atoms with Crippen molar-refractivity contribution in [1.29, 1.82) is 0 Å². The molecule has 2 atom stereocenters. The van der Waals surface area contributed by atoms with Crippen LogP contribution in [-0.2, 0) is 0 Å². The predicted octanol–water partition coefficient (Wildman–Crippen LogP) is 3.42. The third-order valence-electron chi connectivity index (χ3n) is 2.28. The van der Waals surface area contributed by atoms with Crippen LogP contribution in [0.5, 0.6) is 0 Å². The van der Waals surface area contributed by atoms with Gasteiger partial charge in [-0.15, -0.1) is 0 Å². The second-order valence-electron chi connectivity index (χ2n) is 3.59. The average molecular weight is 332 g/mol. The van der Waals surface area contributed by atoms with E-state index >= 15 is 0 Å². The summed E-state index contributed by atoms with van der Waals surface area (Å²) in [5, 5.41) is 7.95. The van der Waals surface area contributed by atoms with Gasteiger partial charge >= 0.3 is 24.2 Å². The Labute approximate surface area is 102 Å². The molecule has 0 amide bonds. The van der Waals surface area contributed by atoms with E-state index in [1.165, 1.54) is 0 Å². The summed E-state index contributed by atoms with van der Waals surface area (Å²) in [6.07, 6.45) is -27.0. The molecule has 0 radical (unpaired) electrons. The number of aliphatic hydroxyl groups excluding tert-OH is 1. The fraction of sp³-hybridized carbons (Fsp3) is 1.00. The van der Waals surface area contributed by atoms with Crippen LogP contribution in [-0.4, -0.2) is 47.8 Å². The van der Waals surface area contributed by atoms with Gasteiger partial charge in [0.2, 0.25) is 0 Å². The van der Waals surface area contributed by atoms with E-state index in [4.69, 9.17) is 5.11 Å². The lowest BCUT2D eigenvalue weighted by Gasteiger charge is -2.39. The molecule has 0 spiro atoms.